The van der Waals surface area contributed by atoms with Crippen molar-refractivity contribution in [1.82, 2.24) is 0 Å². The van der Waals surface area contributed by atoms with Gasteiger partial charge >= 0.3 is 0 Å². The third-order valence-electron chi connectivity index (χ3n) is 2.78. The maximum Gasteiger partial charge on any atom is 0.125 e. The van der Waals surface area contributed by atoms with Crippen molar-refractivity contribution in [3.05, 3.63) is 34.9 Å². The summed E-state index contributed by atoms with van der Waals surface area (Å²) in [5, 5.41) is 0. The van der Waals surface area contributed by atoms with Gasteiger partial charge in [0.15, 0.2) is 0 Å². The van der Waals surface area contributed by atoms with E-state index in [1.165, 1.54) is 16.7 Å². The van der Waals surface area contributed by atoms with Crippen molar-refractivity contribution >= 4 is 6.29 Å². The molecule has 82 valence electrons. The van der Waals surface area contributed by atoms with Crippen molar-refractivity contribution in [2.24, 2.45) is 5.41 Å². The highest BCUT2D eigenvalue weighted by atomic mass is 16.1. The normalized spacial score (nSPS) is 11.5. The van der Waals surface area contributed by atoms with Crippen LogP contribution in [0.2, 0.25) is 0 Å². The van der Waals surface area contributed by atoms with Crippen LogP contribution in [0.3, 0.4) is 0 Å². The van der Waals surface area contributed by atoms with Gasteiger partial charge in [-0.2, -0.15) is 0 Å². The molecule has 0 spiro atoms. The maximum absolute atomic E-state index is 10.9. The molecule has 1 aromatic carbocycles. The van der Waals surface area contributed by atoms with Gasteiger partial charge in [-0.3, -0.25) is 0 Å². The Morgan fingerprint density at radius 1 is 1.33 bits per heavy atom. The Morgan fingerprint density at radius 2 is 2.00 bits per heavy atom. The molecule has 0 fully saturated rings. The first kappa shape index (κ1) is 12.0. The van der Waals surface area contributed by atoms with Crippen molar-refractivity contribution in [1.29, 1.82) is 0 Å². The van der Waals surface area contributed by atoms with Crippen LogP contribution >= 0.6 is 0 Å². The van der Waals surface area contributed by atoms with Gasteiger partial charge in [0.25, 0.3) is 0 Å². The molecule has 1 nitrogen and oxygen atoms in total. The molecule has 0 aliphatic rings. The Morgan fingerprint density at radius 3 is 2.47 bits per heavy atom. The zero-order valence-electron chi connectivity index (χ0n) is 10.1. The molecule has 15 heavy (non-hydrogen) atoms. The number of aryl methyl sites for hydroxylation is 2. The number of aldehydes is 1. The lowest BCUT2D eigenvalue weighted by molar-refractivity contribution is -0.114. The molecule has 0 aromatic heterocycles. The van der Waals surface area contributed by atoms with E-state index in [0.717, 1.165) is 19.1 Å². The van der Waals surface area contributed by atoms with Gasteiger partial charge < -0.3 is 4.79 Å². The summed E-state index contributed by atoms with van der Waals surface area (Å²) < 4.78 is 0. The fourth-order valence-electron chi connectivity index (χ4n) is 1.71. The van der Waals surface area contributed by atoms with Gasteiger partial charge in [0, 0.05) is 5.41 Å². The lowest BCUT2D eigenvalue weighted by Crippen LogP contribution is -2.17. The third kappa shape index (κ3) is 3.19. The minimum Gasteiger partial charge on any atom is -0.303 e. The number of rotatable bonds is 4. The molecular weight excluding hydrogens is 184 g/mol. The van der Waals surface area contributed by atoms with E-state index in [-0.39, 0.29) is 5.41 Å². The van der Waals surface area contributed by atoms with E-state index in [1.807, 2.05) is 13.8 Å². The fourth-order valence-corrected chi connectivity index (χ4v) is 1.71. The number of benzene rings is 1. The molecule has 0 unspecified atom stereocenters. The Balaban J connectivity index is 2.92. The molecule has 0 saturated carbocycles. The highest BCUT2D eigenvalue weighted by molar-refractivity contribution is 5.59. The predicted molar refractivity (Wildman–Crippen MR) is 64.1 cm³/mol. The molecule has 1 rings (SSSR count). The zero-order chi connectivity index (χ0) is 11.5. The van der Waals surface area contributed by atoms with E-state index >= 15 is 0 Å². The summed E-state index contributed by atoms with van der Waals surface area (Å²) in [6.07, 6.45) is 2.94. The molecule has 1 aromatic rings. The van der Waals surface area contributed by atoms with Crippen molar-refractivity contribution in [2.75, 3.05) is 0 Å². The average molecular weight is 204 g/mol. The van der Waals surface area contributed by atoms with E-state index in [1.54, 1.807) is 0 Å². The van der Waals surface area contributed by atoms with Gasteiger partial charge in [0.1, 0.15) is 6.29 Å². The molecule has 0 aliphatic carbocycles. The van der Waals surface area contributed by atoms with E-state index in [0.29, 0.717) is 0 Å². The highest BCUT2D eigenvalue weighted by Gasteiger charge is 2.18. The monoisotopic (exact) mass is 204 g/mol. The lowest BCUT2D eigenvalue weighted by atomic mass is 9.85. The van der Waals surface area contributed by atoms with Gasteiger partial charge in [-0.1, -0.05) is 39.0 Å². The Kier molecular flexibility index (Phi) is 3.67. The fraction of sp³-hybridized carbons (Fsp3) is 0.500. The van der Waals surface area contributed by atoms with Crippen LogP contribution in [0.25, 0.3) is 0 Å². The number of hydrogen-bond donors (Lipinski definition) is 0. The molecule has 1 heteroatoms. The number of hydrogen-bond acceptors (Lipinski definition) is 1. The molecule has 0 N–H and O–H groups in total. The van der Waals surface area contributed by atoms with Crippen LogP contribution in [0.15, 0.2) is 18.2 Å². The largest absolute Gasteiger partial charge is 0.303 e. The van der Waals surface area contributed by atoms with Gasteiger partial charge in [-0.25, -0.2) is 0 Å². The first-order valence-electron chi connectivity index (χ1n) is 5.53. The van der Waals surface area contributed by atoms with Crippen LogP contribution in [0, 0.1) is 12.3 Å². The predicted octanol–water partition coefficient (Wildman–Crippen LogP) is 3.33. The first-order chi connectivity index (χ1) is 6.98. The Hall–Kier alpha value is -1.11. The van der Waals surface area contributed by atoms with E-state index in [2.05, 4.69) is 32.0 Å². The summed E-state index contributed by atoms with van der Waals surface area (Å²) >= 11 is 0. The Labute approximate surface area is 92.5 Å². The smallest absolute Gasteiger partial charge is 0.125 e. The number of carbonyl (C=O) groups excluding carboxylic acids is 1. The molecule has 0 amide bonds. The van der Waals surface area contributed by atoms with Crippen LogP contribution in [-0.4, -0.2) is 6.29 Å². The molecular formula is C14H20O. The average Bonchev–Trinajstić information content (AvgIpc) is 2.21. The second kappa shape index (κ2) is 4.61. The van der Waals surface area contributed by atoms with Crippen LogP contribution in [-0.2, 0) is 17.6 Å². The van der Waals surface area contributed by atoms with Crippen LogP contribution in [0.1, 0.15) is 37.5 Å². The van der Waals surface area contributed by atoms with Crippen LogP contribution in [0.5, 0.6) is 0 Å². The second-order valence-corrected chi connectivity index (χ2v) is 4.90. The first-order valence-corrected chi connectivity index (χ1v) is 5.53. The third-order valence-corrected chi connectivity index (χ3v) is 2.78. The van der Waals surface area contributed by atoms with Crippen molar-refractivity contribution in [2.45, 2.75) is 40.5 Å². The summed E-state index contributed by atoms with van der Waals surface area (Å²) in [4.78, 5) is 10.9. The van der Waals surface area contributed by atoms with Crippen LogP contribution in [0.4, 0.5) is 0 Å². The van der Waals surface area contributed by atoms with Gasteiger partial charge in [-0.15, -0.1) is 0 Å². The van der Waals surface area contributed by atoms with Crippen molar-refractivity contribution in [3.63, 3.8) is 0 Å². The molecule has 0 radical (unpaired) electrons. The molecule has 0 aliphatic heterocycles. The quantitative estimate of drug-likeness (QED) is 0.688. The van der Waals surface area contributed by atoms with Gasteiger partial charge in [0.2, 0.25) is 0 Å². The minimum absolute atomic E-state index is 0.251. The maximum atomic E-state index is 10.9. The highest BCUT2D eigenvalue weighted by Crippen LogP contribution is 2.22. The minimum atomic E-state index is -0.251. The Bertz CT molecular complexity index is 350. The van der Waals surface area contributed by atoms with Crippen molar-refractivity contribution in [3.8, 4) is 0 Å². The summed E-state index contributed by atoms with van der Waals surface area (Å²) in [6, 6.07) is 6.53. The molecule has 0 atom stereocenters. The number of carbonyl (C=O) groups is 1. The van der Waals surface area contributed by atoms with E-state index in [9.17, 15) is 4.79 Å². The topological polar surface area (TPSA) is 17.1 Å². The van der Waals surface area contributed by atoms with Gasteiger partial charge in [-0.05, 0) is 36.5 Å². The van der Waals surface area contributed by atoms with E-state index < -0.39 is 0 Å². The summed E-state index contributed by atoms with van der Waals surface area (Å²) in [5.41, 5.74) is 3.69. The zero-order valence-corrected chi connectivity index (χ0v) is 10.1. The lowest BCUT2D eigenvalue weighted by Gasteiger charge is -2.18. The summed E-state index contributed by atoms with van der Waals surface area (Å²) in [6.45, 7) is 8.24. The van der Waals surface area contributed by atoms with Gasteiger partial charge in [0.05, 0.1) is 0 Å². The second-order valence-electron chi connectivity index (χ2n) is 4.90. The molecule has 0 bridgehead atoms. The summed E-state index contributed by atoms with van der Waals surface area (Å²) in [7, 11) is 0. The molecule has 0 saturated heterocycles. The summed E-state index contributed by atoms with van der Waals surface area (Å²) in [5.74, 6) is 0. The van der Waals surface area contributed by atoms with Crippen molar-refractivity contribution < 1.29 is 4.79 Å². The SMILES string of the molecule is CCc1ccc(CC(C)(C)C=O)c(C)c1. The van der Waals surface area contributed by atoms with E-state index in [4.69, 9.17) is 0 Å². The standard InChI is InChI=1S/C14H20O/c1-5-12-6-7-13(11(2)8-12)9-14(3,4)10-15/h6-8,10H,5,9H2,1-4H3. The molecule has 0 heterocycles. The van der Waals surface area contributed by atoms with Crippen LogP contribution < -0.4 is 0 Å².